The average Bonchev–Trinajstić information content (AvgIpc) is 3.30. The highest BCUT2D eigenvalue weighted by atomic mass is 32.1. The number of aryl methyl sites for hydroxylation is 1. The molecule has 1 saturated heterocycles. The Bertz CT molecular complexity index is 707. The molecule has 0 aliphatic carbocycles. The maximum atomic E-state index is 12.6. The van der Waals surface area contributed by atoms with Crippen molar-refractivity contribution in [1.82, 2.24) is 24.9 Å². The van der Waals surface area contributed by atoms with Crippen LogP contribution in [0.15, 0.2) is 9.90 Å². The van der Waals surface area contributed by atoms with Crippen LogP contribution in [0, 0.1) is 0 Å². The second-order valence-electron chi connectivity index (χ2n) is 6.07. The van der Waals surface area contributed by atoms with Crippen molar-refractivity contribution < 1.29 is 9.32 Å². The minimum Gasteiger partial charge on any atom is -0.338 e. The fraction of sp³-hybridized carbons (Fsp3) is 0.625. The average molecular weight is 364 g/mol. The number of aromatic nitrogens is 3. The van der Waals surface area contributed by atoms with E-state index in [0.717, 1.165) is 30.3 Å². The van der Waals surface area contributed by atoms with Crippen molar-refractivity contribution in [1.29, 1.82) is 0 Å². The lowest BCUT2D eigenvalue weighted by atomic mass is 10.2. The SMILES string of the molecule is CCc1noc(C(C)N2CCN(C(=O)c3csc(CCN)n3)CC2)n1. The molecule has 1 aliphatic rings. The molecule has 0 radical (unpaired) electrons. The Morgan fingerprint density at radius 1 is 1.36 bits per heavy atom. The van der Waals surface area contributed by atoms with Gasteiger partial charge >= 0.3 is 0 Å². The van der Waals surface area contributed by atoms with Gasteiger partial charge < -0.3 is 15.2 Å². The maximum Gasteiger partial charge on any atom is 0.273 e. The van der Waals surface area contributed by atoms with Gasteiger partial charge in [-0.2, -0.15) is 4.98 Å². The molecule has 1 unspecified atom stereocenters. The summed E-state index contributed by atoms with van der Waals surface area (Å²) >= 11 is 1.50. The number of rotatable bonds is 6. The molecule has 1 fully saturated rings. The molecule has 2 aromatic rings. The molecule has 2 N–H and O–H groups in total. The number of nitrogens with two attached hydrogens (primary N) is 1. The molecule has 3 heterocycles. The summed E-state index contributed by atoms with van der Waals surface area (Å²) in [6.45, 7) is 7.49. The van der Waals surface area contributed by atoms with Crippen molar-refractivity contribution in [2.75, 3.05) is 32.7 Å². The van der Waals surface area contributed by atoms with E-state index in [1.165, 1.54) is 11.3 Å². The summed E-state index contributed by atoms with van der Waals surface area (Å²) in [4.78, 5) is 25.5. The highest BCUT2D eigenvalue weighted by Gasteiger charge is 2.28. The van der Waals surface area contributed by atoms with Gasteiger partial charge in [-0.25, -0.2) is 4.98 Å². The van der Waals surface area contributed by atoms with Gasteiger partial charge in [0, 0.05) is 44.4 Å². The fourth-order valence-electron chi connectivity index (χ4n) is 2.86. The number of amides is 1. The minimum absolute atomic E-state index is 0.00196. The van der Waals surface area contributed by atoms with Crippen molar-refractivity contribution in [3.63, 3.8) is 0 Å². The molecule has 0 aromatic carbocycles. The topological polar surface area (TPSA) is 101 Å². The molecule has 0 bridgehead atoms. The first-order valence-corrected chi connectivity index (χ1v) is 9.50. The van der Waals surface area contributed by atoms with Crippen LogP contribution in [-0.4, -0.2) is 63.6 Å². The van der Waals surface area contributed by atoms with Crippen LogP contribution < -0.4 is 5.73 Å². The summed E-state index contributed by atoms with van der Waals surface area (Å²) < 4.78 is 5.34. The largest absolute Gasteiger partial charge is 0.338 e. The number of hydrogen-bond donors (Lipinski definition) is 1. The van der Waals surface area contributed by atoms with Crippen molar-refractivity contribution in [3.8, 4) is 0 Å². The Kier molecular flexibility index (Phi) is 5.77. The van der Waals surface area contributed by atoms with Crippen LogP contribution >= 0.6 is 11.3 Å². The van der Waals surface area contributed by atoms with Gasteiger partial charge in [-0.3, -0.25) is 9.69 Å². The van der Waals surface area contributed by atoms with Gasteiger partial charge in [0.1, 0.15) is 5.69 Å². The fourth-order valence-corrected chi connectivity index (χ4v) is 3.65. The molecule has 1 aliphatic heterocycles. The third-order valence-electron chi connectivity index (χ3n) is 4.44. The standard InChI is InChI=1S/C16H24N6O2S/c1-3-13-19-15(24-20-13)11(2)21-6-8-22(9-7-21)16(23)12-10-25-14(18-12)4-5-17/h10-11H,3-9,17H2,1-2H3. The molecular weight excluding hydrogens is 340 g/mol. The monoisotopic (exact) mass is 364 g/mol. The zero-order chi connectivity index (χ0) is 17.8. The van der Waals surface area contributed by atoms with Crippen molar-refractivity contribution in [2.45, 2.75) is 32.7 Å². The smallest absolute Gasteiger partial charge is 0.273 e. The van der Waals surface area contributed by atoms with E-state index in [4.69, 9.17) is 10.3 Å². The normalized spacial score (nSPS) is 17.0. The number of carbonyl (C=O) groups is 1. The van der Waals surface area contributed by atoms with E-state index in [2.05, 4.69) is 26.9 Å². The summed E-state index contributed by atoms with van der Waals surface area (Å²) in [5, 5.41) is 6.70. The number of piperazine rings is 1. The minimum atomic E-state index is -0.00196. The van der Waals surface area contributed by atoms with E-state index in [1.54, 1.807) is 0 Å². The Hall–Kier alpha value is -1.84. The van der Waals surface area contributed by atoms with Gasteiger partial charge in [0.05, 0.1) is 11.0 Å². The molecule has 1 atom stereocenters. The summed E-state index contributed by atoms with van der Waals surface area (Å²) in [5.41, 5.74) is 6.07. The van der Waals surface area contributed by atoms with Gasteiger partial charge in [-0.05, 0) is 13.5 Å². The number of carbonyl (C=O) groups excluding carboxylic acids is 1. The maximum absolute atomic E-state index is 12.6. The quantitative estimate of drug-likeness (QED) is 0.819. The predicted octanol–water partition coefficient (Wildman–Crippen LogP) is 1.11. The second-order valence-corrected chi connectivity index (χ2v) is 7.01. The number of thiazole rings is 1. The van der Waals surface area contributed by atoms with Gasteiger partial charge in [-0.1, -0.05) is 12.1 Å². The number of nitrogens with zero attached hydrogens (tertiary/aromatic N) is 5. The predicted molar refractivity (Wildman–Crippen MR) is 94.4 cm³/mol. The molecule has 136 valence electrons. The van der Waals surface area contributed by atoms with Crippen LogP contribution in [0.4, 0.5) is 0 Å². The first kappa shape index (κ1) is 18.0. The zero-order valence-corrected chi connectivity index (χ0v) is 15.5. The van der Waals surface area contributed by atoms with E-state index in [9.17, 15) is 4.79 Å². The van der Waals surface area contributed by atoms with Crippen molar-refractivity contribution in [3.05, 3.63) is 27.8 Å². The zero-order valence-electron chi connectivity index (χ0n) is 14.6. The lowest BCUT2D eigenvalue weighted by Gasteiger charge is -2.36. The van der Waals surface area contributed by atoms with Crippen molar-refractivity contribution >= 4 is 17.2 Å². The number of hydrogen-bond acceptors (Lipinski definition) is 8. The van der Waals surface area contributed by atoms with Crippen LogP contribution in [0.5, 0.6) is 0 Å². The van der Waals surface area contributed by atoms with E-state index >= 15 is 0 Å². The second kappa shape index (κ2) is 8.03. The van der Waals surface area contributed by atoms with Gasteiger partial charge in [0.15, 0.2) is 5.82 Å². The third-order valence-corrected chi connectivity index (χ3v) is 5.34. The molecule has 3 rings (SSSR count). The van der Waals surface area contributed by atoms with E-state index in [1.807, 2.05) is 17.2 Å². The molecule has 1 amide bonds. The summed E-state index contributed by atoms with van der Waals surface area (Å²) in [6, 6.07) is 0.0560. The highest BCUT2D eigenvalue weighted by Crippen LogP contribution is 2.21. The summed E-state index contributed by atoms with van der Waals surface area (Å²) in [7, 11) is 0. The van der Waals surface area contributed by atoms with Crippen LogP contribution in [0.25, 0.3) is 0 Å². The highest BCUT2D eigenvalue weighted by molar-refractivity contribution is 7.09. The molecule has 25 heavy (non-hydrogen) atoms. The van der Waals surface area contributed by atoms with E-state index in [0.29, 0.717) is 37.6 Å². The van der Waals surface area contributed by atoms with Gasteiger partial charge in [-0.15, -0.1) is 11.3 Å². The molecule has 0 saturated carbocycles. The van der Waals surface area contributed by atoms with Crippen LogP contribution in [0.2, 0.25) is 0 Å². The first-order valence-electron chi connectivity index (χ1n) is 8.62. The molecular formula is C16H24N6O2S. The van der Waals surface area contributed by atoms with E-state index < -0.39 is 0 Å². The molecule has 0 spiro atoms. The van der Waals surface area contributed by atoms with Gasteiger partial charge in [0.25, 0.3) is 5.91 Å². The van der Waals surface area contributed by atoms with Crippen LogP contribution in [0.1, 0.15) is 47.1 Å². The Labute approximate surface area is 151 Å². The molecule has 2 aromatic heterocycles. The van der Waals surface area contributed by atoms with Crippen LogP contribution in [-0.2, 0) is 12.8 Å². The lowest BCUT2D eigenvalue weighted by molar-refractivity contribution is 0.0547. The Balaban J connectivity index is 1.56. The summed E-state index contributed by atoms with van der Waals surface area (Å²) in [6.07, 6.45) is 1.48. The Morgan fingerprint density at radius 2 is 2.12 bits per heavy atom. The van der Waals surface area contributed by atoms with Crippen molar-refractivity contribution in [2.24, 2.45) is 5.73 Å². The van der Waals surface area contributed by atoms with E-state index in [-0.39, 0.29) is 11.9 Å². The third kappa shape index (κ3) is 4.05. The van der Waals surface area contributed by atoms with Crippen LogP contribution in [0.3, 0.4) is 0 Å². The molecule has 9 heteroatoms. The lowest BCUT2D eigenvalue weighted by Crippen LogP contribution is -2.49. The van der Waals surface area contributed by atoms with Gasteiger partial charge in [0.2, 0.25) is 5.89 Å². The first-order chi connectivity index (χ1) is 12.1. The Morgan fingerprint density at radius 3 is 2.76 bits per heavy atom. The summed E-state index contributed by atoms with van der Waals surface area (Å²) in [5.74, 6) is 1.37. The molecule has 8 nitrogen and oxygen atoms in total.